The first-order valence-electron chi connectivity index (χ1n) is 7.25. The van der Waals surface area contributed by atoms with Gasteiger partial charge in [-0.2, -0.15) is 0 Å². The van der Waals surface area contributed by atoms with Crippen LogP contribution in [0.4, 0.5) is 0 Å². The summed E-state index contributed by atoms with van der Waals surface area (Å²) in [6.07, 6.45) is 9.50. The van der Waals surface area contributed by atoms with Gasteiger partial charge in [-0.1, -0.05) is 28.1 Å². The van der Waals surface area contributed by atoms with Gasteiger partial charge in [0.1, 0.15) is 5.78 Å². The SMILES string of the molecule is O=C1CCC2(CC1)C(Br)=Cc1cc3c(cc12)CCC3. The van der Waals surface area contributed by atoms with Crippen LogP contribution >= 0.6 is 15.9 Å². The summed E-state index contributed by atoms with van der Waals surface area (Å²) < 4.78 is 1.30. The molecule has 0 radical (unpaired) electrons. The molecular formula is C17H17BrO. The van der Waals surface area contributed by atoms with Gasteiger partial charge in [0.2, 0.25) is 0 Å². The molecule has 1 nitrogen and oxygen atoms in total. The number of hydrogen-bond donors (Lipinski definition) is 0. The van der Waals surface area contributed by atoms with E-state index in [0.29, 0.717) is 5.78 Å². The summed E-state index contributed by atoms with van der Waals surface area (Å²) in [4.78, 5) is 11.6. The average Bonchev–Trinajstić information content (AvgIpc) is 2.95. The molecule has 0 N–H and O–H groups in total. The van der Waals surface area contributed by atoms with Crippen molar-refractivity contribution >= 4 is 27.8 Å². The molecule has 0 saturated heterocycles. The Balaban J connectivity index is 1.84. The third-order valence-corrected chi connectivity index (χ3v) is 6.17. The standard InChI is InChI=1S/C17H17BrO/c18-16-10-13-8-11-2-1-3-12(11)9-15(13)17(16)6-4-14(19)5-7-17/h8-10H,1-7H2. The number of Topliss-reactive ketones (excluding diaryl/α,β-unsaturated/α-hetero) is 1. The molecule has 1 spiro atoms. The molecule has 0 aromatic heterocycles. The zero-order chi connectivity index (χ0) is 13.0. The van der Waals surface area contributed by atoms with Gasteiger partial charge in [0.05, 0.1) is 0 Å². The monoisotopic (exact) mass is 316 g/mol. The first kappa shape index (κ1) is 11.9. The average molecular weight is 317 g/mol. The molecule has 1 aromatic carbocycles. The van der Waals surface area contributed by atoms with Crippen molar-refractivity contribution < 1.29 is 4.79 Å². The fourth-order valence-corrected chi connectivity index (χ4v) is 4.90. The molecule has 0 bridgehead atoms. The maximum absolute atomic E-state index is 11.6. The van der Waals surface area contributed by atoms with Crippen LogP contribution in [0.25, 0.3) is 6.08 Å². The smallest absolute Gasteiger partial charge is 0.133 e. The van der Waals surface area contributed by atoms with Gasteiger partial charge >= 0.3 is 0 Å². The normalized spacial score (nSPS) is 23.4. The Hall–Kier alpha value is -0.890. The molecule has 0 heterocycles. The number of hydrogen-bond acceptors (Lipinski definition) is 1. The summed E-state index contributed by atoms with van der Waals surface area (Å²) in [5.74, 6) is 0.431. The predicted octanol–water partition coefficient (Wildman–Crippen LogP) is 4.31. The van der Waals surface area contributed by atoms with Crippen molar-refractivity contribution in [2.24, 2.45) is 0 Å². The molecule has 3 aliphatic carbocycles. The van der Waals surface area contributed by atoms with Crippen LogP contribution in [0.3, 0.4) is 0 Å². The lowest BCUT2D eigenvalue weighted by Crippen LogP contribution is -2.30. The van der Waals surface area contributed by atoms with E-state index in [1.54, 1.807) is 11.1 Å². The minimum Gasteiger partial charge on any atom is -0.300 e. The van der Waals surface area contributed by atoms with E-state index in [9.17, 15) is 4.79 Å². The Kier molecular flexibility index (Phi) is 2.54. The van der Waals surface area contributed by atoms with Crippen LogP contribution in [0.1, 0.15) is 54.4 Å². The molecule has 0 amide bonds. The van der Waals surface area contributed by atoms with E-state index in [4.69, 9.17) is 0 Å². The number of ketones is 1. The molecule has 2 heteroatoms. The van der Waals surface area contributed by atoms with E-state index in [1.165, 1.54) is 34.9 Å². The number of fused-ring (bicyclic) bond motifs is 3. The summed E-state index contributed by atoms with van der Waals surface area (Å²) in [5, 5.41) is 0. The van der Waals surface area contributed by atoms with Crippen molar-refractivity contribution in [1.82, 2.24) is 0 Å². The highest BCUT2D eigenvalue weighted by Crippen LogP contribution is 2.53. The third-order valence-electron chi connectivity index (χ3n) is 5.18. The Morgan fingerprint density at radius 3 is 2.42 bits per heavy atom. The van der Waals surface area contributed by atoms with E-state index in [1.807, 2.05) is 0 Å². The molecule has 1 saturated carbocycles. The quantitative estimate of drug-likeness (QED) is 0.697. The maximum Gasteiger partial charge on any atom is 0.133 e. The number of aryl methyl sites for hydroxylation is 2. The van der Waals surface area contributed by atoms with Gasteiger partial charge in [0, 0.05) is 22.7 Å². The number of carbonyl (C=O) groups is 1. The minimum atomic E-state index is 0.112. The zero-order valence-corrected chi connectivity index (χ0v) is 12.6. The highest BCUT2D eigenvalue weighted by Gasteiger charge is 2.43. The lowest BCUT2D eigenvalue weighted by Gasteiger charge is -2.35. The third kappa shape index (κ3) is 1.62. The molecule has 1 fully saturated rings. The number of carbonyl (C=O) groups excluding carboxylic acids is 1. The van der Waals surface area contributed by atoms with Crippen molar-refractivity contribution in [2.75, 3.05) is 0 Å². The van der Waals surface area contributed by atoms with Crippen LogP contribution in [0.2, 0.25) is 0 Å². The second-order valence-corrected chi connectivity index (χ2v) is 7.03. The predicted molar refractivity (Wildman–Crippen MR) is 80.5 cm³/mol. The van der Waals surface area contributed by atoms with Crippen LogP contribution in [-0.2, 0) is 23.1 Å². The number of rotatable bonds is 0. The van der Waals surface area contributed by atoms with Crippen molar-refractivity contribution in [1.29, 1.82) is 0 Å². The van der Waals surface area contributed by atoms with Crippen molar-refractivity contribution in [3.05, 3.63) is 38.9 Å². The fourth-order valence-electron chi connectivity index (χ4n) is 4.04. The molecule has 0 unspecified atom stereocenters. The molecule has 19 heavy (non-hydrogen) atoms. The summed E-state index contributed by atoms with van der Waals surface area (Å²) in [6.45, 7) is 0. The first-order chi connectivity index (χ1) is 9.19. The maximum atomic E-state index is 11.6. The summed E-state index contributed by atoms with van der Waals surface area (Å²) in [7, 11) is 0. The lowest BCUT2D eigenvalue weighted by atomic mass is 9.70. The van der Waals surface area contributed by atoms with Gasteiger partial charge in [0.15, 0.2) is 0 Å². The van der Waals surface area contributed by atoms with Crippen LogP contribution in [-0.4, -0.2) is 5.78 Å². The van der Waals surface area contributed by atoms with Crippen molar-refractivity contribution in [2.45, 2.75) is 50.4 Å². The van der Waals surface area contributed by atoms with Crippen molar-refractivity contribution in [3.8, 4) is 0 Å². The van der Waals surface area contributed by atoms with Gasteiger partial charge in [-0.3, -0.25) is 4.79 Å². The van der Waals surface area contributed by atoms with Crippen LogP contribution in [0, 0.1) is 0 Å². The number of benzene rings is 1. The fraction of sp³-hybridized carbons (Fsp3) is 0.471. The summed E-state index contributed by atoms with van der Waals surface area (Å²) in [6, 6.07) is 4.84. The lowest BCUT2D eigenvalue weighted by molar-refractivity contribution is -0.121. The highest BCUT2D eigenvalue weighted by atomic mass is 79.9. The molecule has 1 aromatic rings. The van der Waals surface area contributed by atoms with Crippen molar-refractivity contribution in [3.63, 3.8) is 0 Å². The van der Waals surface area contributed by atoms with Gasteiger partial charge in [0.25, 0.3) is 0 Å². The number of allylic oxidation sites excluding steroid dienone is 1. The van der Waals surface area contributed by atoms with Gasteiger partial charge in [-0.25, -0.2) is 0 Å². The van der Waals surface area contributed by atoms with E-state index < -0.39 is 0 Å². The molecule has 0 aliphatic heterocycles. The summed E-state index contributed by atoms with van der Waals surface area (Å²) in [5.41, 5.74) is 6.07. The number of halogens is 1. The van der Waals surface area contributed by atoms with Gasteiger partial charge in [-0.15, -0.1) is 0 Å². The Morgan fingerprint density at radius 1 is 1.00 bits per heavy atom. The van der Waals surface area contributed by atoms with Crippen LogP contribution in [0.15, 0.2) is 16.6 Å². The second-order valence-electron chi connectivity index (χ2n) is 6.17. The molecule has 0 atom stereocenters. The molecule has 98 valence electrons. The topological polar surface area (TPSA) is 17.1 Å². The van der Waals surface area contributed by atoms with Gasteiger partial charge < -0.3 is 0 Å². The molecule has 4 rings (SSSR count). The second kappa shape index (κ2) is 4.05. The van der Waals surface area contributed by atoms with E-state index in [0.717, 1.165) is 25.7 Å². The minimum absolute atomic E-state index is 0.112. The zero-order valence-electron chi connectivity index (χ0n) is 11.0. The largest absolute Gasteiger partial charge is 0.300 e. The van der Waals surface area contributed by atoms with Crippen LogP contribution in [0.5, 0.6) is 0 Å². The Bertz CT molecular complexity index is 602. The highest BCUT2D eigenvalue weighted by molar-refractivity contribution is 9.11. The van der Waals surface area contributed by atoms with E-state index in [-0.39, 0.29) is 5.41 Å². The van der Waals surface area contributed by atoms with Crippen LogP contribution < -0.4 is 0 Å². The molecule has 3 aliphatic rings. The van der Waals surface area contributed by atoms with E-state index in [2.05, 4.69) is 34.1 Å². The first-order valence-corrected chi connectivity index (χ1v) is 8.04. The molecular weight excluding hydrogens is 300 g/mol. The van der Waals surface area contributed by atoms with Gasteiger partial charge in [-0.05, 0) is 60.4 Å². The van der Waals surface area contributed by atoms with E-state index >= 15 is 0 Å². The Morgan fingerprint density at radius 2 is 1.68 bits per heavy atom. The summed E-state index contributed by atoms with van der Waals surface area (Å²) >= 11 is 3.80. The Labute approximate surface area is 122 Å².